The SMILES string of the molecule is O=C1[C@@H]2[C@H](C(=O)N1c1cc(Cl)cc(Cl)c1)[C@@H]2c1ccc(OC(F)(F)F)cc1. The summed E-state index contributed by atoms with van der Waals surface area (Å²) in [6, 6.07) is 9.65. The molecule has 0 N–H and O–H groups in total. The Hall–Kier alpha value is -2.25. The molecule has 0 radical (unpaired) electrons. The lowest BCUT2D eigenvalue weighted by atomic mass is 10.1. The van der Waals surface area contributed by atoms with Crippen LogP contribution in [0.4, 0.5) is 18.9 Å². The highest BCUT2D eigenvalue weighted by molar-refractivity contribution is 6.36. The van der Waals surface area contributed by atoms with Crippen molar-refractivity contribution in [2.24, 2.45) is 11.8 Å². The monoisotopic (exact) mass is 415 g/mol. The second kappa shape index (κ2) is 6.14. The van der Waals surface area contributed by atoms with E-state index in [4.69, 9.17) is 23.2 Å². The van der Waals surface area contributed by atoms with E-state index in [1.54, 1.807) is 0 Å². The highest BCUT2D eigenvalue weighted by Gasteiger charge is 2.67. The van der Waals surface area contributed by atoms with Crippen LogP contribution in [0, 0.1) is 11.8 Å². The van der Waals surface area contributed by atoms with Crippen LogP contribution in [0.15, 0.2) is 42.5 Å². The number of ether oxygens (including phenoxy) is 1. The van der Waals surface area contributed by atoms with Gasteiger partial charge in [0.2, 0.25) is 11.8 Å². The van der Waals surface area contributed by atoms with Crippen molar-refractivity contribution in [1.82, 2.24) is 0 Å². The first-order valence-corrected chi connectivity index (χ1v) is 8.61. The minimum atomic E-state index is -4.78. The van der Waals surface area contributed by atoms with E-state index in [2.05, 4.69) is 4.74 Å². The second-order valence-electron chi connectivity index (χ2n) is 6.33. The number of imide groups is 1. The lowest BCUT2D eigenvalue weighted by Gasteiger charge is -2.19. The fourth-order valence-corrected chi connectivity index (χ4v) is 4.08. The summed E-state index contributed by atoms with van der Waals surface area (Å²) in [5.74, 6) is -2.53. The average molecular weight is 416 g/mol. The Kier molecular flexibility index (Phi) is 4.12. The first kappa shape index (κ1) is 18.1. The van der Waals surface area contributed by atoms with Gasteiger partial charge >= 0.3 is 6.36 Å². The molecule has 1 heterocycles. The van der Waals surface area contributed by atoms with Crippen molar-refractivity contribution >= 4 is 40.7 Å². The van der Waals surface area contributed by atoms with Crippen LogP contribution in [0.1, 0.15) is 11.5 Å². The molecule has 1 saturated carbocycles. The molecule has 1 aliphatic heterocycles. The van der Waals surface area contributed by atoms with Gasteiger partial charge in [0.25, 0.3) is 0 Å². The Morgan fingerprint density at radius 3 is 1.85 bits per heavy atom. The topological polar surface area (TPSA) is 46.6 Å². The van der Waals surface area contributed by atoms with E-state index in [1.165, 1.54) is 42.5 Å². The summed E-state index contributed by atoms with van der Waals surface area (Å²) in [7, 11) is 0. The standard InChI is InChI=1S/C18H10Cl2F3NO3/c19-9-5-10(20)7-11(6-9)24-16(25)14-13(15(14)17(24)26)8-1-3-12(4-2-8)27-18(21,22)23/h1-7,13-15H/t13-,14+,15-. The van der Waals surface area contributed by atoms with Crippen LogP contribution in [-0.4, -0.2) is 18.2 Å². The molecule has 140 valence electrons. The number of nitrogens with zero attached hydrogens (tertiary/aromatic N) is 1. The van der Waals surface area contributed by atoms with E-state index in [0.29, 0.717) is 21.3 Å². The number of benzene rings is 2. The van der Waals surface area contributed by atoms with Crippen molar-refractivity contribution in [2.45, 2.75) is 12.3 Å². The fraction of sp³-hybridized carbons (Fsp3) is 0.222. The van der Waals surface area contributed by atoms with Crippen LogP contribution in [0.2, 0.25) is 10.0 Å². The van der Waals surface area contributed by atoms with Crippen LogP contribution < -0.4 is 9.64 Å². The highest BCUT2D eigenvalue weighted by Crippen LogP contribution is 2.60. The molecule has 2 aromatic carbocycles. The van der Waals surface area contributed by atoms with Crippen LogP contribution >= 0.6 is 23.2 Å². The average Bonchev–Trinajstić information content (AvgIpc) is 3.22. The quantitative estimate of drug-likeness (QED) is 0.676. The molecule has 2 fully saturated rings. The van der Waals surface area contributed by atoms with E-state index in [1.807, 2.05) is 0 Å². The number of hydrogen-bond acceptors (Lipinski definition) is 3. The molecule has 1 aliphatic carbocycles. The molecule has 3 atom stereocenters. The second-order valence-corrected chi connectivity index (χ2v) is 7.21. The third kappa shape index (κ3) is 3.26. The number of fused-ring (bicyclic) bond motifs is 1. The summed E-state index contributed by atoms with van der Waals surface area (Å²) in [4.78, 5) is 26.4. The summed E-state index contributed by atoms with van der Waals surface area (Å²) in [6.45, 7) is 0. The molecule has 4 nitrogen and oxygen atoms in total. The maximum atomic E-state index is 12.7. The third-order valence-electron chi connectivity index (χ3n) is 4.63. The van der Waals surface area contributed by atoms with Crippen molar-refractivity contribution in [3.63, 3.8) is 0 Å². The zero-order valence-corrected chi connectivity index (χ0v) is 14.8. The van der Waals surface area contributed by atoms with Crippen LogP contribution in [0.5, 0.6) is 5.75 Å². The molecule has 2 aliphatic rings. The minimum Gasteiger partial charge on any atom is -0.406 e. The minimum absolute atomic E-state index is 0.301. The van der Waals surface area contributed by atoms with Crippen molar-refractivity contribution in [2.75, 3.05) is 4.90 Å². The number of hydrogen-bond donors (Lipinski definition) is 0. The highest BCUT2D eigenvalue weighted by atomic mass is 35.5. The normalized spacial score (nSPS) is 24.2. The number of anilines is 1. The first-order valence-electron chi connectivity index (χ1n) is 7.85. The fourth-order valence-electron chi connectivity index (χ4n) is 3.56. The summed E-state index contributed by atoms with van der Waals surface area (Å²) in [5.41, 5.74) is 0.923. The van der Waals surface area contributed by atoms with E-state index >= 15 is 0 Å². The Morgan fingerprint density at radius 1 is 0.852 bits per heavy atom. The summed E-state index contributed by atoms with van der Waals surface area (Å²) >= 11 is 11.9. The Bertz CT molecular complexity index is 904. The molecule has 2 aromatic rings. The molecule has 0 bridgehead atoms. The number of alkyl halides is 3. The Morgan fingerprint density at radius 2 is 1.37 bits per heavy atom. The van der Waals surface area contributed by atoms with Gasteiger partial charge in [0.15, 0.2) is 0 Å². The number of halogens is 5. The van der Waals surface area contributed by atoms with E-state index in [-0.39, 0.29) is 23.5 Å². The van der Waals surface area contributed by atoms with Gasteiger partial charge in [-0.05, 0) is 35.9 Å². The summed E-state index contributed by atoms with van der Waals surface area (Å²) in [6.07, 6.45) is -4.78. The van der Waals surface area contributed by atoms with Crippen molar-refractivity contribution in [3.05, 3.63) is 58.1 Å². The predicted molar refractivity (Wildman–Crippen MR) is 91.8 cm³/mol. The van der Waals surface area contributed by atoms with Crippen molar-refractivity contribution in [1.29, 1.82) is 0 Å². The lowest BCUT2D eigenvalue weighted by molar-refractivity contribution is -0.274. The van der Waals surface area contributed by atoms with Gasteiger partial charge in [-0.1, -0.05) is 35.3 Å². The molecule has 0 unspecified atom stereocenters. The largest absolute Gasteiger partial charge is 0.573 e. The number of amides is 2. The molecule has 1 saturated heterocycles. The number of carbonyl (C=O) groups excluding carboxylic acids is 2. The van der Waals surface area contributed by atoms with Gasteiger partial charge in [-0.2, -0.15) is 0 Å². The number of carbonyl (C=O) groups is 2. The zero-order valence-electron chi connectivity index (χ0n) is 13.3. The first-order chi connectivity index (χ1) is 12.7. The molecule has 27 heavy (non-hydrogen) atoms. The number of piperidine rings is 1. The zero-order chi connectivity index (χ0) is 19.5. The maximum Gasteiger partial charge on any atom is 0.573 e. The van der Waals surface area contributed by atoms with E-state index < -0.39 is 18.2 Å². The Balaban J connectivity index is 1.53. The van der Waals surface area contributed by atoms with Gasteiger partial charge in [0.1, 0.15) is 5.75 Å². The van der Waals surface area contributed by atoms with Gasteiger partial charge in [-0.3, -0.25) is 9.59 Å². The molecule has 0 spiro atoms. The van der Waals surface area contributed by atoms with Gasteiger partial charge in [-0.25, -0.2) is 4.90 Å². The van der Waals surface area contributed by atoms with Gasteiger partial charge in [0.05, 0.1) is 17.5 Å². The molecule has 0 aromatic heterocycles. The third-order valence-corrected chi connectivity index (χ3v) is 5.07. The molecule has 9 heteroatoms. The Labute approximate surface area is 161 Å². The summed E-state index contributed by atoms with van der Waals surface area (Å²) in [5, 5.41) is 0.603. The molecule has 4 rings (SSSR count). The van der Waals surface area contributed by atoms with Crippen molar-refractivity contribution < 1.29 is 27.5 Å². The molecular formula is C18H10Cl2F3NO3. The van der Waals surface area contributed by atoms with Crippen LogP contribution in [0.25, 0.3) is 0 Å². The lowest BCUT2D eigenvalue weighted by Crippen LogP contribution is -2.34. The smallest absolute Gasteiger partial charge is 0.406 e. The van der Waals surface area contributed by atoms with E-state index in [9.17, 15) is 22.8 Å². The van der Waals surface area contributed by atoms with Crippen LogP contribution in [-0.2, 0) is 9.59 Å². The van der Waals surface area contributed by atoms with Gasteiger partial charge in [0, 0.05) is 16.0 Å². The van der Waals surface area contributed by atoms with Crippen molar-refractivity contribution in [3.8, 4) is 5.75 Å². The van der Waals surface area contributed by atoms with Crippen LogP contribution in [0.3, 0.4) is 0 Å². The van der Waals surface area contributed by atoms with E-state index in [0.717, 1.165) is 4.90 Å². The number of rotatable bonds is 3. The van der Waals surface area contributed by atoms with Gasteiger partial charge < -0.3 is 4.74 Å². The van der Waals surface area contributed by atoms with Gasteiger partial charge in [-0.15, -0.1) is 13.2 Å². The maximum absolute atomic E-state index is 12.7. The molecule has 2 amide bonds. The summed E-state index contributed by atoms with van der Waals surface area (Å²) < 4.78 is 40.5. The predicted octanol–water partition coefficient (Wildman–Crippen LogP) is 4.80. The molecular weight excluding hydrogens is 406 g/mol.